The summed E-state index contributed by atoms with van der Waals surface area (Å²) >= 11 is 0. The van der Waals surface area contributed by atoms with Crippen molar-refractivity contribution in [1.82, 2.24) is 0 Å². The van der Waals surface area contributed by atoms with Crippen LogP contribution in [0.15, 0.2) is 34.9 Å². The largest absolute Gasteiger partial charge is 0.494 e. The Morgan fingerprint density at radius 1 is 1.12 bits per heavy atom. The van der Waals surface area contributed by atoms with Crippen molar-refractivity contribution in [2.24, 2.45) is 0 Å². The molecule has 16 heavy (non-hydrogen) atoms. The summed E-state index contributed by atoms with van der Waals surface area (Å²) in [6.45, 7) is 0. The van der Waals surface area contributed by atoms with Gasteiger partial charge in [-0.25, -0.2) is 0 Å². The molecule has 84 valence electrons. The fraction of sp³-hybridized carbons (Fsp3) is 0.167. The van der Waals surface area contributed by atoms with E-state index in [9.17, 15) is 4.39 Å². The third-order valence-electron chi connectivity index (χ3n) is 2.25. The van der Waals surface area contributed by atoms with Crippen LogP contribution in [0, 0.1) is 5.82 Å². The monoisotopic (exact) mass is 222 g/mol. The molecule has 0 aliphatic heterocycles. The van der Waals surface area contributed by atoms with Gasteiger partial charge in [0.2, 0.25) is 5.82 Å². The van der Waals surface area contributed by atoms with Crippen LogP contribution in [0.5, 0.6) is 11.5 Å². The lowest BCUT2D eigenvalue weighted by Crippen LogP contribution is -1.94. The molecule has 1 aromatic carbocycles. The third kappa shape index (κ3) is 1.74. The van der Waals surface area contributed by atoms with Crippen LogP contribution in [0.2, 0.25) is 0 Å². The van der Waals surface area contributed by atoms with Crippen LogP contribution in [0.3, 0.4) is 0 Å². The number of benzene rings is 1. The van der Waals surface area contributed by atoms with E-state index in [1.807, 2.05) is 0 Å². The van der Waals surface area contributed by atoms with Crippen molar-refractivity contribution < 1.29 is 18.3 Å². The predicted octanol–water partition coefficient (Wildman–Crippen LogP) is 3.10. The molecule has 1 aromatic heterocycles. The Morgan fingerprint density at radius 2 is 1.75 bits per heavy atom. The Kier molecular flexibility index (Phi) is 2.81. The van der Waals surface area contributed by atoms with E-state index in [0.717, 1.165) is 0 Å². The molecule has 4 heteroatoms. The van der Waals surface area contributed by atoms with Crippen LogP contribution in [-0.2, 0) is 0 Å². The Labute approximate surface area is 92.4 Å². The number of hydrogen-bond donors (Lipinski definition) is 0. The van der Waals surface area contributed by atoms with Gasteiger partial charge in [-0.2, -0.15) is 4.39 Å². The van der Waals surface area contributed by atoms with E-state index in [2.05, 4.69) is 0 Å². The lowest BCUT2D eigenvalue weighted by Gasteiger charge is -2.08. The van der Waals surface area contributed by atoms with Gasteiger partial charge >= 0.3 is 0 Å². The minimum atomic E-state index is -0.514. The molecule has 2 aromatic rings. The van der Waals surface area contributed by atoms with Crippen molar-refractivity contribution in [2.75, 3.05) is 14.2 Å². The van der Waals surface area contributed by atoms with E-state index < -0.39 is 5.82 Å². The molecule has 1 heterocycles. The van der Waals surface area contributed by atoms with Gasteiger partial charge in [-0.15, -0.1) is 0 Å². The SMILES string of the molecule is COc1cc(-c2ccco2)cc(OC)c1F. The topological polar surface area (TPSA) is 31.6 Å². The van der Waals surface area contributed by atoms with Crippen molar-refractivity contribution >= 4 is 0 Å². The highest BCUT2D eigenvalue weighted by atomic mass is 19.1. The van der Waals surface area contributed by atoms with E-state index in [1.54, 1.807) is 30.5 Å². The van der Waals surface area contributed by atoms with E-state index in [4.69, 9.17) is 13.9 Å². The van der Waals surface area contributed by atoms with Crippen LogP contribution < -0.4 is 9.47 Å². The standard InChI is InChI=1S/C12H11FO3/c1-14-10-6-8(9-4-3-5-16-9)7-11(15-2)12(10)13/h3-7H,1-2H3. The summed E-state index contributed by atoms with van der Waals surface area (Å²) in [6.07, 6.45) is 1.55. The number of halogens is 1. The van der Waals surface area contributed by atoms with Crippen molar-refractivity contribution in [3.63, 3.8) is 0 Å². The quantitative estimate of drug-likeness (QED) is 0.799. The number of furan rings is 1. The average Bonchev–Trinajstić information content (AvgIpc) is 2.83. The van der Waals surface area contributed by atoms with Crippen molar-refractivity contribution in [3.05, 3.63) is 36.3 Å². The number of methoxy groups -OCH3 is 2. The molecule has 0 bridgehead atoms. The molecular weight excluding hydrogens is 211 g/mol. The summed E-state index contributed by atoms with van der Waals surface area (Å²) < 4.78 is 28.7. The van der Waals surface area contributed by atoms with Gasteiger partial charge in [0, 0.05) is 5.56 Å². The fourth-order valence-corrected chi connectivity index (χ4v) is 1.45. The maximum atomic E-state index is 13.6. The minimum Gasteiger partial charge on any atom is -0.494 e. The summed E-state index contributed by atoms with van der Waals surface area (Å²) in [4.78, 5) is 0. The summed E-state index contributed by atoms with van der Waals surface area (Å²) in [7, 11) is 2.81. The smallest absolute Gasteiger partial charge is 0.206 e. The molecular formula is C12H11FO3. The zero-order valence-corrected chi connectivity index (χ0v) is 8.99. The van der Waals surface area contributed by atoms with Gasteiger partial charge in [-0.05, 0) is 24.3 Å². The first-order valence-corrected chi connectivity index (χ1v) is 4.71. The zero-order valence-electron chi connectivity index (χ0n) is 8.99. The highest BCUT2D eigenvalue weighted by molar-refractivity contribution is 5.62. The highest BCUT2D eigenvalue weighted by Gasteiger charge is 2.13. The maximum absolute atomic E-state index is 13.6. The molecule has 0 saturated carbocycles. The van der Waals surface area contributed by atoms with Gasteiger partial charge in [0.25, 0.3) is 0 Å². The summed E-state index contributed by atoms with van der Waals surface area (Å²) in [6, 6.07) is 6.68. The predicted molar refractivity (Wildman–Crippen MR) is 57.2 cm³/mol. The van der Waals surface area contributed by atoms with Crippen LogP contribution in [0.4, 0.5) is 4.39 Å². The Hall–Kier alpha value is -1.97. The zero-order chi connectivity index (χ0) is 11.5. The first-order chi connectivity index (χ1) is 7.76. The molecule has 0 saturated heterocycles. The Morgan fingerprint density at radius 3 is 2.19 bits per heavy atom. The summed E-state index contributed by atoms with van der Waals surface area (Å²) in [5.41, 5.74) is 0.708. The van der Waals surface area contributed by atoms with Gasteiger partial charge in [0.05, 0.1) is 20.5 Å². The van der Waals surface area contributed by atoms with Crippen LogP contribution in [0.25, 0.3) is 11.3 Å². The normalized spacial score (nSPS) is 10.2. The fourth-order valence-electron chi connectivity index (χ4n) is 1.45. The Bertz CT molecular complexity index is 452. The van der Waals surface area contributed by atoms with Crippen LogP contribution >= 0.6 is 0 Å². The second kappa shape index (κ2) is 4.26. The second-order valence-electron chi connectivity index (χ2n) is 3.17. The van der Waals surface area contributed by atoms with Gasteiger partial charge in [-0.1, -0.05) is 0 Å². The minimum absolute atomic E-state index is 0.130. The Balaban J connectivity index is 2.56. The average molecular weight is 222 g/mol. The first-order valence-electron chi connectivity index (χ1n) is 4.71. The highest BCUT2D eigenvalue weighted by Crippen LogP contribution is 2.33. The van der Waals surface area contributed by atoms with Crippen molar-refractivity contribution in [1.29, 1.82) is 0 Å². The molecule has 3 nitrogen and oxygen atoms in total. The molecule has 0 amide bonds. The number of ether oxygens (including phenoxy) is 2. The summed E-state index contributed by atoms with van der Waals surface area (Å²) in [5.74, 6) is 0.383. The lowest BCUT2D eigenvalue weighted by molar-refractivity contribution is 0.350. The van der Waals surface area contributed by atoms with Gasteiger partial charge in [0.1, 0.15) is 5.76 Å². The first kappa shape index (κ1) is 10.5. The molecule has 0 N–H and O–H groups in total. The summed E-state index contributed by atoms with van der Waals surface area (Å²) in [5, 5.41) is 0. The molecule has 0 fully saturated rings. The molecule has 0 atom stereocenters. The van der Waals surface area contributed by atoms with E-state index in [-0.39, 0.29) is 11.5 Å². The van der Waals surface area contributed by atoms with Gasteiger partial charge in [-0.3, -0.25) is 0 Å². The van der Waals surface area contributed by atoms with E-state index in [1.165, 1.54) is 14.2 Å². The number of hydrogen-bond acceptors (Lipinski definition) is 3. The van der Waals surface area contributed by atoms with Crippen molar-refractivity contribution in [3.8, 4) is 22.8 Å². The van der Waals surface area contributed by atoms with Gasteiger partial charge in [0.15, 0.2) is 11.5 Å². The maximum Gasteiger partial charge on any atom is 0.206 e. The van der Waals surface area contributed by atoms with Crippen LogP contribution in [-0.4, -0.2) is 14.2 Å². The molecule has 0 aliphatic rings. The molecule has 2 rings (SSSR count). The van der Waals surface area contributed by atoms with Gasteiger partial charge < -0.3 is 13.9 Å². The molecule has 0 spiro atoms. The second-order valence-corrected chi connectivity index (χ2v) is 3.17. The van der Waals surface area contributed by atoms with Crippen LogP contribution in [0.1, 0.15) is 0 Å². The third-order valence-corrected chi connectivity index (χ3v) is 2.25. The lowest BCUT2D eigenvalue weighted by atomic mass is 10.1. The van der Waals surface area contributed by atoms with E-state index >= 15 is 0 Å². The van der Waals surface area contributed by atoms with E-state index in [0.29, 0.717) is 11.3 Å². The number of rotatable bonds is 3. The molecule has 0 unspecified atom stereocenters. The molecule has 0 aliphatic carbocycles. The van der Waals surface area contributed by atoms with Crippen molar-refractivity contribution in [2.45, 2.75) is 0 Å². The molecule has 0 radical (unpaired) electrons.